The molecule has 7 heteroatoms. The molecular formula is C19H35N5O2. The van der Waals surface area contributed by atoms with Gasteiger partial charge in [0.05, 0.1) is 12.6 Å². The third-order valence-corrected chi connectivity index (χ3v) is 6.40. The van der Waals surface area contributed by atoms with E-state index in [1.165, 1.54) is 0 Å². The Hall–Kier alpha value is -1.34. The van der Waals surface area contributed by atoms with Gasteiger partial charge in [0.25, 0.3) is 0 Å². The predicted molar refractivity (Wildman–Crippen MR) is 103 cm³/mol. The molecule has 3 unspecified atom stereocenters. The summed E-state index contributed by atoms with van der Waals surface area (Å²) >= 11 is 0. The summed E-state index contributed by atoms with van der Waals surface area (Å²) in [7, 11) is 5.47. The summed E-state index contributed by atoms with van der Waals surface area (Å²) in [5, 5.41) is 7.25. The van der Waals surface area contributed by atoms with Crippen molar-refractivity contribution in [3.05, 3.63) is 0 Å². The third-order valence-electron chi connectivity index (χ3n) is 6.40. The molecule has 0 spiro atoms. The Morgan fingerprint density at radius 1 is 1.23 bits per heavy atom. The van der Waals surface area contributed by atoms with Gasteiger partial charge >= 0.3 is 0 Å². The van der Waals surface area contributed by atoms with Crippen LogP contribution < -0.4 is 10.6 Å². The Bertz CT molecular complexity index is 540. The van der Waals surface area contributed by atoms with E-state index < -0.39 is 0 Å². The minimum Gasteiger partial charge on any atom is -0.377 e. The van der Waals surface area contributed by atoms with Gasteiger partial charge < -0.3 is 20.3 Å². The van der Waals surface area contributed by atoms with Crippen molar-refractivity contribution in [2.45, 2.75) is 51.3 Å². The summed E-state index contributed by atoms with van der Waals surface area (Å²) in [6.07, 6.45) is 3.59. The number of carbonyl (C=O) groups excluding carboxylic acids is 1. The molecule has 1 saturated carbocycles. The lowest BCUT2D eigenvalue weighted by molar-refractivity contribution is -0.130. The number of likely N-dealkylation sites (tertiary alicyclic amines) is 1. The van der Waals surface area contributed by atoms with E-state index in [1.54, 1.807) is 4.90 Å². The highest BCUT2D eigenvalue weighted by Crippen LogP contribution is 2.52. The number of likely N-dealkylation sites (N-methyl/N-ethyl adjacent to an activating group) is 1. The molecule has 0 aromatic heterocycles. The molecule has 3 aliphatic rings. The van der Waals surface area contributed by atoms with E-state index in [1.807, 2.05) is 21.1 Å². The Balaban J connectivity index is 1.46. The first-order valence-corrected chi connectivity index (χ1v) is 9.87. The molecule has 3 atom stereocenters. The average molecular weight is 366 g/mol. The quantitative estimate of drug-likeness (QED) is 0.561. The van der Waals surface area contributed by atoms with Crippen molar-refractivity contribution >= 4 is 11.9 Å². The molecule has 3 rings (SSSR count). The molecule has 0 aromatic carbocycles. The van der Waals surface area contributed by atoms with Crippen LogP contribution in [0.3, 0.4) is 0 Å². The maximum atomic E-state index is 11.9. The van der Waals surface area contributed by atoms with Crippen molar-refractivity contribution in [1.82, 2.24) is 20.4 Å². The number of amides is 1. The van der Waals surface area contributed by atoms with Crippen LogP contribution in [-0.4, -0.2) is 87.2 Å². The fourth-order valence-corrected chi connectivity index (χ4v) is 4.70. The van der Waals surface area contributed by atoms with Gasteiger partial charge in [-0.25, -0.2) is 0 Å². The van der Waals surface area contributed by atoms with Crippen molar-refractivity contribution in [3.63, 3.8) is 0 Å². The van der Waals surface area contributed by atoms with Gasteiger partial charge in [-0.1, -0.05) is 13.8 Å². The summed E-state index contributed by atoms with van der Waals surface area (Å²) in [5.41, 5.74) is 0.148. The fraction of sp³-hybridized carbons (Fsp3) is 0.895. The number of ether oxygens (including phenoxy) is 1. The largest absolute Gasteiger partial charge is 0.377 e. The zero-order valence-electron chi connectivity index (χ0n) is 16.9. The lowest BCUT2D eigenvalue weighted by Crippen LogP contribution is -2.68. The molecule has 0 radical (unpaired) electrons. The fourth-order valence-electron chi connectivity index (χ4n) is 4.70. The van der Waals surface area contributed by atoms with E-state index in [4.69, 9.17) is 4.74 Å². The summed E-state index contributed by atoms with van der Waals surface area (Å²) in [5.74, 6) is 1.67. The smallest absolute Gasteiger partial charge is 0.236 e. The second-order valence-corrected chi connectivity index (χ2v) is 8.74. The molecule has 2 saturated heterocycles. The molecule has 0 aromatic rings. The summed E-state index contributed by atoms with van der Waals surface area (Å²) in [4.78, 5) is 20.2. The lowest BCUT2D eigenvalue weighted by atomic mass is 9.57. The van der Waals surface area contributed by atoms with Gasteiger partial charge in [-0.3, -0.25) is 14.7 Å². The first-order valence-electron chi connectivity index (χ1n) is 9.87. The number of aliphatic imine (C=N–C) groups is 1. The summed E-state index contributed by atoms with van der Waals surface area (Å²) < 4.78 is 5.89. The average Bonchev–Trinajstić information content (AvgIpc) is 3.07. The van der Waals surface area contributed by atoms with Crippen LogP contribution in [0.1, 0.15) is 33.1 Å². The lowest BCUT2D eigenvalue weighted by Gasteiger charge is -2.55. The van der Waals surface area contributed by atoms with Gasteiger partial charge in [0.1, 0.15) is 0 Å². The van der Waals surface area contributed by atoms with Gasteiger partial charge in [-0.2, -0.15) is 0 Å². The van der Waals surface area contributed by atoms with Gasteiger partial charge in [-0.05, 0) is 19.3 Å². The topological polar surface area (TPSA) is 69.2 Å². The van der Waals surface area contributed by atoms with E-state index in [0.717, 1.165) is 44.9 Å². The molecule has 1 amide bonds. The van der Waals surface area contributed by atoms with Crippen molar-refractivity contribution in [2.24, 2.45) is 16.3 Å². The first-order chi connectivity index (χ1) is 12.3. The maximum Gasteiger partial charge on any atom is 0.236 e. The molecule has 7 nitrogen and oxygen atoms in total. The molecule has 26 heavy (non-hydrogen) atoms. The zero-order valence-corrected chi connectivity index (χ0v) is 16.9. The normalized spacial score (nSPS) is 31.9. The number of fused-ring (bicyclic) bond motifs is 1. The molecule has 2 N–H and O–H groups in total. The molecule has 2 aliphatic heterocycles. The van der Waals surface area contributed by atoms with Crippen LogP contribution in [-0.2, 0) is 9.53 Å². The Morgan fingerprint density at radius 3 is 2.54 bits per heavy atom. The van der Waals surface area contributed by atoms with Crippen molar-refractivity contribution < 1.29 is 9.53 Å². The molecule has 0 bridgehead atoms. The highest BCUT2D eigenvalue weighted by Gasteiger charge is 2.59. The highest BCUT2D eigenvalue weighted by molar-refractivity contribution is 5.80. The van der Waals surface area contributed by atoms with Crippen LogP contribution in [0.5, 0.6) is 0 Å². The van der Waals surface area contributed by atoms with Crippen molar-refractivity contribution in [3.8, 4) is 0 Å². The SMILES string of the molecule is CN=C(NC1CCN(CC(=O)N(C)C)CC1)NC1C2CCOC2C1(C)C. The monoisotopic (exact) mass is 365 g/mol. The predicted octanol–water partition coefficient (Wildman–Crippen LogP) is 0.518. The van der Waals surface area contributed by atoms with Crippen LogP contribution in [0.2, 0.25) is 0 Å². The van der Waals surface area contributed by atoms with E-state index >= 15 is 0 Å². The Labute approximate surface area is 157 Å². The van der Waals surface area contributed by atoms with Gasteiger partial charge in [0, 0.05) is 64.3 Å². The molecule has 1 aliphatic carbocycles. The summed E-state index contributed by atoms with van der Waals surface area (Å²) in [6.45, 7) is 7.86. The van der Waals surface area contributed by atoms with Crippen LogP contribution in [0.15, 0.2) is 4.99 Å². The van der Waals surface area contributed by atoms with Crippen LogP contribution in [0.25, 0.3) is 0 Å². The number of nitrogens with zero attached hydrogens (tertiary/aromatic N) is 3. The van der Waals surface area contributed by atoms with Gasteiger partial charge in [0.15, 0.2) is 5.96 Å². The maximum absolute atomic E-state index is 11.9. The number of carbonyl (C=O) groups is 1. The Morgan fingerprint density at radius 2 is 1.92 bits per heavy atom. The first kappa shape index (κ1) is 19.4. The van der Waals surface area contributed by atoms with Crippen molar-refractivity contribution in [2.75, 3.05) is 47.4 Å². The number of rotatable bonds is 4. The number of nitrogens with one attached hydrogen (secondary N) is 2. The van der Waals surface area contributed by atoms with E-state index in [-0.39, 0.29) is 11.3 Å². The number of piperidine rings is 1. The van der Waals surface area contributed by atoms with Gasteiger partial charge in [-0.15, -0.1) is 0 Å². The van der Waals surface area contributed by atoms with Crippen LogP contribution in [0, 0.1) is 11.3 Å². The van der Waals surface area contributed by atoms with E-state index in [2.05, 4.69) is 34.4 Å². The zero-order chi connectivity index (χ0) is 18.9. The van der Waals surface area contributed by atoms with E-state index in [9.17, 15) is 4.79 Å². The van der Waals surface area contributed by atoms with Crippen LogP contribution >= 0.6 is 0 Å². The molecular weight excluding hydrogens is 330 g/mol. The highest BCUT2D eigenvalue weighted by atomic mass is 16.5. The van der Waals surface area contributed by atoms with Crippen LogP contribution in [0.4, 0.5) is 0 Å². The minimum absolute atomic E-state index is 0.148. The third kappa shape index (κ3) is 3.83. The molecule has 3 fully saturated rings. The van der Waals surface area contributed by atoms with Gasteiger partial charge in [0.2, 0.25) is 5.91 Å². The number of hydrogen-bond donors (Lipinski definition) is 2. The standard InChI is InChI=1S/C19H35N5O2/c1-19(2)16(14-8-11-26-17(14)19)22-18(20-3)21-13-6-9-24(10-7-13)12-15(25)23(4)5/h13-14,16-17H,6-12H2,1-5H3,(H2,20,21,22). The molecule has 148 valence electrons. The molecule has 2 heterocycles. The minimum atomic E-state index is 0.148. The number of guanidine groups is 1. The Kier molecular flexibility index (Phi) is 5.77. The van der Waals surface area contributed by atoms with Crippen molar-refractivity contribution in [1.29, 1.82) is 0 Å². The number of hydrogen-bond acceptors (Lipinski definition) is 4. The second-order valence-electron chi connectivity index (χ2n) is 8.74. The second kappa shape index (κ2) is 7.72. The summed E-state index contributed by atoms with van der Waals surface area (Å²) in [6, 6.07) is 0.824. The van der Waals surface area contributed by atoms with E-state index in [0.29, 0.717) is 30.7 Å².